The van der Waals surface area contributed by atoms with E-state index in [0.717, 1.165) is 0 Å². The maximum Gasteiger partial charge on any atom is 0.475 e. The Hall–Kier alpha value is -0.880. The first-order valence-electron chi connectivity index (χ1n) is 10.6. The number of aromatic nitrogens is 2. The summed E-state index contributed by atoms with van der Waals surface area (Å²) in [5, 5.41) is 0. The van der Waals surface area contributed by atoms with Crippen LogP contribution in [0.25, 0.3) is 0 Å². The highest BCUT2D eigenvalue weighted by Gasteiger charge is 2.48. The third-order valence-electron chi connectivity index (χ3n) is 5.14. The molecule has 0 aliphatic carbocycles. The zero-order valence-corrected chi connectivity index (χ0v) is 22.1. The number of aryl methyl sites for hydroxylation is 1. The first kappa shape index (κ1) is 26.7. The van der Waals surface area contributed by atoms with E-state index in [1.54, 1.807) is 31.6 Å². The summed E-state index contributed by atoms with van der Waals surface area (Å²) in [6.45, 7) is 11.1. The van der Waals surface area contributed by atoms with E-state index in [1.807, 2.05) is 0 Å². The number of carbonyl (C=O) groups excluding carboxylic acids is 1. The number of H-pyrrole nitrogens is 1. The second-order valence-electron chi connectivity index (χ2n) is 9.77. The second kappa shape index (κ2) is 10.0. The Morgan fingerprint density at radius 3 is 2.64 bits per heavy atom. The number of nitrogens with one attached hydrogen (secondary N) is 1. The summed E-state index contributed by atoms with van der Waals surface area (Å²) in [5.74, 6) is 0.278. The van der Waals surface area contributed by atoms with Gasteiger partial charge in [-0.2, -0.15) is 0 Å². The molecule has 0 bridgehead atoms. The molecule has 2 aliphatic heterocycles. The molecule has 2 aliphatic rings. The lowest BCUT2D eigenvalue weighted by molar-refractivity contribution is -0.126. The first-order valence-corrected chi connectivity index (χ1v) is 14.4. The smallest absolute Gasteiger partial charge is 0.349 e. The van der Waals surface area contributed by atoms with E-state index in [9.17, 15) is 18.9 Å². The van der Waals surface area contributed by atoms with Gasteiger partial charge in [0.05, 0.1) is 19.0 Å². The van der Waals surface area contributed by atoms with Crippen molar-refractivity contribution in [3.63, 3.8) is 0 Å². The molecule has 0 aromatic carbocycles. The van der Waals surface area contributed by atoms with Gasteiger partial charge >= 0.3 is 13.5 Å². The van der Waals surface area contributed by atoms with Crippen molar-refractivity contribution in [2.24, 2.45) is 5.41 Å². The van der Waals surface area contributed by atoms with Crippen LogP contribution in [0.1, 0.15) is 52.8 Å². The van der Waals surface area contributed by atoms with E-state index in [4.69, 9.17) is 18.3 Å². The van der Waals surface area contributed by atoms with Crippen molar-refractivity contribution < 1.29 is 27.7 Å². The molecule has 0 spiro atoms. The highest BCUT2D eigenvalue weighted by atomic mass is 33.1. The topological polar surface area (TPSA) is 126 Å². The van der Waals surface area contributed by atoms with E-state index < -0.39 is 42.9 Å². The fourth-order valence-corrected chi connectivity index (χ4v) is 7.17. The number of ether oxygens (including phenoxy) is 1. The highest BCUT2D eigenvalue weighted by Crippen LogP contribution is 2.57. The zero-order chi connectivity index (χ0) is 24.6. The quantitative estimate of drug-likeness (QED) is 0.401. The molecule has 1 aromatic heterocycles. The van der Waals surface area contributed by atoms with Crippen LogP contribution in [0.15, 0.2) is 15.8 Å². The van der Waals surface area contributed by atoms with Crippen molar-refractivity contribution in [1.82, 2.24) is 9.55 Å². The van der Waals surface area contributed by atoms with E-state index in [0.29, 0.717) is 11.3 Å². The molecule has 2 saturated heterocycles. The molecule has 0 amide bonds. The van der Waals surface area contributed by atoms with Gasteiger partial charge in [0.15, 0.2) is 5.78 Å². The van der Waals surface area contributed by atoms with Crippen LogP contribution in [-0.2, 0) is 27.7 Å². The van der Waals surface area contributed by atoms with Crippen LogP contribution in [0.4, 0.5) is 0 Å². The standard InChI is InChI=1S/C20H31N2O8PS2/c1-12-8-22(18(25)21-17(12)24)16-7-13-14(29-16)9-27-31(26,30-13)28-11-20(5,6)15(23)10-32-33-19(2,3)4/h8,13-14,16H,7,9-11H2,1-6H3,(H,21,24,25)/t13-,14+,16+,31?/m0/s1. The molecule has 4 atom stereocenters. The van der Waals surface area contributed by atoms with Crippen molar-refractivity contribution in [2.45, 2.75) is 71.1 Å². The molecule has 0 saturated carbocycles. The molecule has 1 unspecified atom stereocenters. The summed E-state index contributed by atoms with van der Waals surface area (Å²) in [6.07, 6.45) is -0.208. The molecule has 33 heavy (non-hydrogen) atoms. The van der Waals surface area contributed by atoms with Crippen molar-refractivity contribution in [3.8, 4) is 0 Å². The number of carbonyl (C=O) groups is 1. The number of nitrogens with zero attached hydrogens (tertiary/aromatic N) is 1. The molecule has 1 N–H and O–H groups in total. The van der Waals surface area contributed by atoms with Gasteiger partial charge < -0.3 is 4.74 Å². The normalized spacial score (nSPS) is 28.0. The Bertz CT molecular complexity index is 1050. The Kier molecular flexibility index (Phi) is 8.10. The third-order valence-corrected chi connectivity index (χ3v) is 9.78. The predicted octanol–water partition coefficient (Wildman–Crippen LogP) is 3.45. The molecule has 186 valence electrons. The maximum absolute atomic E-state index is 13.0. The molecule has 2 fully saturated rings. The van der Waals surface area contributed by atoms with Gasteiger partial charge in [0.1, 0.15) is 18.4 Å². The molecule has 3 rings (SSSR count). The van der Waals surface area contributed by atoms with E-state index in [1.165, 1.54) is 21.6 Å². The van der Waals surface area contributed by atoms with Crippen molar-refractivity contribution in [2.75, 3.05) is 19.0 Å². The van der Waals surface area contributed by atoms with Gasteiger partial charge in [-0.1, -0.05) is 56.2 Å². The Labute approximate surface area is 200 Å². The summed E-state index contributed by atoms with van der Waals surface area (Å²) in [5.41, 5.74) is -1.57. The van der Waals surface area contributed by atoms with Gasteiger partial charge in [0.2, 0.25) is 0 Å². The van der Waals surface area contributed by atoms with Gasteiger partial charge in [-0.25, -0.2) is 9.36 Å². The minimum absolute atomic E-state index is 0.0252. The molecule has 0 radical (unpaired) electrons. The minimum atomic E-state index is -3.91. The number of aromatic amines is 1. The molecule has 1 aromatic rings. The lowest BCUT2D eigenvalue weighted by Crippen LogP contribution is -2.35. The monoisotopic (exact) mass is 522 g/mol. The number of hydrogen-bond acceptors (Lipinski definition) is 10. The summed E-state index contributed by atoms with van der Waals surface area (Å²) >= 11 is 0. The summed E-state index contributed by atoms with van der Waals surface area (Å²) < 4.78 is 36.7. The van der Waals surface area contributed by atoms with Gasteiger partial charge in [0.25, 0.3) is 5.56 Å². The molecule has 10 nitrogen and oxygen atoms in total. The first-order chi connectivity index (χ1) is 15.2. The lowest BCUT2D eigenvalue weighted by Gasteiger charge is -2.32. The largest absolute Gasteiger partial charge is 0.475 e. The van der Waals surface area contributed by atoms with Crippen LogP contribution in [0.5, 0.6) is 0 Å². The molecular weight excluding hydrogens is 491 g/mol. The average molecular weight is 523 g/mol. The number of fused-ring (bicyclic) bond motifs is 1. The van der Waals surface area contributed by atoms with Crippen molar-refractivity contribution in [3.05, 3.63) is 32.6 Å². The van der Waals surface area contributed by atoms with E-state index in [-0.39, 0.29) is 30.2 Å². The van der Waals surface area contributed by atoms with Gasteiger partial charge in [-0.3, -0.25) is 32.7 Å². The second-order valence-corrected chi connectivity index (χ2v) is 14.5. The minimum Gasteiger partial charge on any atom is -0.349 e. The number of Topliss-reactive ketones (excluding diaryl/α,β-unsaturated/α-hetero) is 1. The number of phosphoric ester groups is 1. The van der Waals surface area contributed by atoms with E-state index >= 15 is 0 Å². The summed E-state index contributed by atoms with van der Waals surface area (Å²) in [7, 11) is -0.798. The van der Waals surface area contributed by atoms with Crippen molar-refractivity contribution in [1.29, 1.82) is 0 Å². The van der Waals surface area contributed by atoms with Crippen LogP contribution in [0.3, 0.4) is 0 Å². The third kappa shape index (κ3) is 6.84. The molecular formula is C20H31N2O8PS2. The summed E-state index contributed by atoms with van der Waals surface area (Å²) in [6, 6.07) is 0. The zero-order valence-electron chi connectivity index (χ0n) is 19.6. The Morgan fingerprint density at radius 1 is 1.27 bits per heavy atom. The van der Waals surface area contributed by atoms with E-state index in [2.05, 4.69) is 25.8 Å². The number of hydrogen-bond donors (Lipinski definition) is 1. The van der Waals surface area contributed by atoms with Crippen LogP contribution >= 0.6 is 29.4 Å². The fourth-order valence-electron chi connectivity index (χ4n) is 3.14. The van der Waals surface area contributed by atoms with Crippen LogP contribution < -0.4 is 11.2 Å². The SMILES string of the molecule is Cc1cn([C@H]2C[C@@H]3OP(=O)(OCC(C)(C)C(=O)CSSC(C)(C)C)OC[C@H]3O2)c(=O)[nH]c1=O. The van der Waals surface area contributed by atoms with Crippen molar-refractivity contribution >= 4 is 35.2 Å². The number of rotatable bonds is 8. The summed E-state index contributed by atoms with van der Waals surface area (Å²) in [4.78, 5) is 38.6. The highest BCUT2D eigenvalue weighted by molar-refractivity contribution is 8.77. The number of phosphoric acid groups is 1. The lowest BCUT2D eigenvalue weighted by atomic mass is 9.90. The maximum atomic E-state index is 13.0. The van der Waals surface area contributed by atoms with Crippen LogP contribution in [0.2, 0.25) is 0 Å². The molecule has 3 heterocycles. The predicted molar refractivity (Wildman–Crippen MR) is 128 cm³/mol. The molecule has 13 heteroatoms. The number of ketones is 1. The van der Waals surface area contributed by atoms with Crippen LogP contribution in [-0.4, -0.2) is 51.3 Å². The Morgan fingerprint density at radius 2 is 1.97 bits per heavy atom. The fraction of sp³-hybridized carbons (Fsp3) is 0.750. The van der Waals surface area contributed by atoms with Gasteiger partial charge in [-0.05, 0) is 6.92 Å². The van der Waals surface area contributed by atoms with Gasteiger partial charge in [0, 0.05) is 28.3 Å². The average Bonchev–Trinajstić information content (AvgIpc) is 3.11. The van der Waals surface area contributed by atoms with Gasteiger partial charge in [-0.15, -0.1) is 0 Å². The Balaban J connectivity index is 1.57. The van der Waals surface area contributed by atoms with Crippen LogP contribution in [0, 0.1) is 12.3 Å².